The van der Waals surface area contributed by atoms with E-state index in [1.807, 2.05) is 0 Å². The Morgan fingerprint density at radius 1 is 1.15 bits per heavy atom. The van der Waals surface area contributed by atoms with Crippen molar-refractivity contribution in [2.75, 3.05) is 24.5 Å². The van der Waals surface area contributed by atoms with E-state index in [0.717, 1.165) is 12.4 Å². The van der Waals surface area contributed by atoms with Crippen LogP contribution < -0.4 is 10.2 Å². The Labute approximate surface area is 147 Å². The van der Waals surface area contributed by atoms with E-state index in [-0.39, 0.29) is 17.9 Å². The number of carbonyl (C=O) groups excluding carboxylic acids is 1. The highest BCUT2D eigenvalue weighted by molar-refractivity contribution is 5.87. The Bertz CT molecular complexity index is 674. The standard InChI is InChI=1S/C15H18F3N5O3/c16-15(17,18)9-7-19-13(20-8-9)22-4-1-10(2-5-22)23-6-3-11(12(23)24)21-14(25)26/h7-8,10-11,21H,1-6H2,(H,25,26)/t11-/m1/s1. The molecule has 2 aliphatic heterocycles. The van der Waals surface area contributed by atoms with Crippen LogP contribution in [0.15, 0.2) is 12.4 Å². The summed E-state index contributed by atoms with van der Waals surface area (Å²) >= 11 is 0. The number of halogens is 3. The highest BCUT2D eigenvalue weighted by Crippen LogP contribution is 2.29. The van der Waals surface area contributed by atoms with Crippen LogP contribution in [0.5, 0.6) is 0 Å². The SMILES string of the molecule is O=C(O)N[C@@H]1CCN(C2CCN(c3ncc(C(F)(F)F)cn3)CC2)C1=O. The summed E-state index contributed by atoms with van der Waals surface area (Å²) in [4.78, 5) is 34.0. The Hall–Kier alpha value is -2.59. The molecule has 3 heterocycles. The molecule has 2 N–H and O–H groups in total. The van der Waals surface area contributed by atoms with Crippen LogP contribution in [-0.2, 0) is 11.0 Å². The summed E-state index contributed by atoms with van der Waals surface area (Å²) in [5, 5.41) is 11.0. The van der Waals surface area contributed by atoms with Gasteiger partial charge in [0.1, 0.15) is 6.04 Å². The number of hydrogen-bond donors (Lipinski definition) is 2. The molecular weight excluding hydrogens is 355 g/mol. The van der Waals surface area contributed by atoms with Crippen molar-refractivity contribution in [2.45, 2.75) is 37.5 Å². The monoisotopic (exact) mass is 373 g/mol. The Morgan fingerprint density at radius 2 is 1.77 bits per heavy atom. The predicted molar refractivity (Wildman–Crippen MR) is 83.5 cm³/mol. The summed E-state index contributed by atoms with van der Waals surface area (Å²) < 4.78 is 37.7. The number of anilines is 1. The van der Waals surface area contributed by atoms with Gasteiger partial charge in [-0.25, -0.2) is 14.8 Å². The number of nitrogens with one attached hydrogen (secondary N) is 1. The zero-order valence-corrected chi connectivity index (χ0v) is 13.7. The van der Waals surface area contributed by atoms with Gasteiger partial charge in [0.2, 0.25) is 11.9 Å². The first-order chi connectivity index (χ1) is 12.3. The van der Waals surface area contributed by atoms with E-state index in [1.54, 1.807) is 9.80 Å². The van der Waals surface area contributed by atoms with E-state index in [9.17, 15) is 22.8 Å². The van der Waals surface area contributed by atoms with Crippen molar-refractivity contribution in [1.29, 1.82) is 0 Å². The number of amides is 2. The lowest BCUT2D eigenvalue weighted by Crippen LogP contribution is -2.48. The van der Waals surface area contributed by atoms with Gasteiger partial charge in [0.05, 0.1) is 5.56 Å². The number of alkyl halides is 3. The van der Waals surface area contributed by atoms with Crippen LogP contribution in [0.25, 0.3) is 0 Å². The van der Waals surface area contributed by atoms with Gasteiger partial charge >= 0.3 is 12.3 Å². The minimum atomic E-state index is -4.47. The molecule has 2 amide bonds. The van der Waals surface area contributed by atoms with Crippen LogP contribution in [0, 0.1) is 0 Å². The average Bonchev–Trinajstić information content (AvgIpc) is 2.94. The van der Waals surface area contributed by atoms with Crippen molar-refractivity contribution in [3.8, 4) is 0 Å². The summed E-state index contributed by atoms with van der Waals surface area (Å²) in [6.07, 6.45) is -2.48. The Kier molecular flexibility index (Phi) is 4.88. The topological polar surface area (TPSA) is 98.7 Å². The highest BCUT2D eigenvalue weighted by atomic mass is 19.4. The fourth-order valence-corrected chi connectivity index (χ4v) is 3.36. The summed E-state index contributed by atoms with van der Waals surface area (Å²) in [7, 11) is 0. The van der Waals surface area contributed by atoms with E-state index < -0.39 is 23.9 Å². The lowest BCUT2D eigenvalue weighted by molar-refractivity contribution is -0.138. The molecule has 0 aromatic carbocycles. The van der Waals surface area contributed by atoms with Gasteiger partial charge < -0.3 is 20.2 Å². The van der Waals surface area contributed by atoms with E-state index in [0.29, 0.717) is 38.9 Å². The molecule has 3 rings (SSSR count). The number of nitrogens with zero attached hydrogens (tertiary/aromatic N) is 4. The maximum Gasteiger partial charge on any atom is 0.419 e. The molecule has 2 saturated heterocycles. The predicted octanol–water partition coefficient (Wildman–Crippen LogP) is 1.33. The Balaban J connectivity index is 1.56. The van der Waals surface area contributed by atoms with Crippen molar-refractivity contribution < 1.29 is 27.9 Å². The zero-order chi connectivity index (χ0) is 18.9. The second-order valence-electron chi connectivity index (χ2n) is 6.31. The third kappa shape index (κ3) is 3.81. The molecule has 0 unspecified atom stereocenters. The molecule has 1 aromatic rings. The molecule has 26 heavy (non-hydrogen) atoms. The molecule has 142 valence electrons. The van der Waals surface area contributed by atoms with Gasteiger partial charge in [0.25, 0.3) is 0 Å². The molecule has 11 heteroatoms. The lowest BCUT2D eigenvalue weighted by atomic mass is 10.0. The maximum atomic E-state index is 12.6. The quantitative estimate of drug-likeness (QED) is 0.830. The van der Waals surface area contributed by atoms with Gasteiger partial charge in [-0.1, -0.05) is 0 Å². The van der Waals surface area contributed by atoms with Gasteiger partial charge in [-0.15, -0.1) is 0 Å². The van der Waals surface area contributed by atoms with Crippen LogP contribution >= 0.6 is 0 Å². The smallest absolute Gasteiger partial charge is 0.419 e. The molecule has 0 bridgehead atoms. The van der Waals surface area contributed by atoms with Crippen LogP contribution in [0.2, 0.25) is 0 Å². The number of piperidine rings is 1. The number of aromatic nitrogens is 2. The number of hydrogen-bond acceptors (Lipinski definition) is 5. The lowest BCUT2D eigenvalue weighted by Gasteiger charge is -2.36. The molecule has 2 fully saturated rings. The third-order valence-corrected chi connectivity index (χ3v) is 4.69. The van der Waals surface area contributed by atoms with E-state index >= 15 is 0 Å². The van der Waals surface area contributed by atoms with Gasteiger partial charge in [-0.3, -0.25) is 4.79 Å². The normalized spacial score (nSPS) is 22.0. The molecule has 1 atom stereocenters. The first kappa shape index (κ1) is 18.2. The Morgan fingerprint density at radius 3 is 2.31 bits per heavy atom. The van der Waals surface area contributed by atoms with Crippen molar-refractivity contribution >= 4 is 17.9 Å². The number of likely N-dealkylation sites (tertiary alicyclic amines) is 1. The molecule has 0 spiro atoms. The largest absolute Gasteiger partial charge is 0.465 e. The second-order valence-corrected chi connectivity index (χ2v) is 6.31. The van der Waals surface area contributed by atoms with Crippen molar-refractivity contribution in [3.05, 3.63) is 18.0 Å². The molecule has 0 saturated carbocycles. The summed E-state index contributed by atoms with van der Waals surface area (Å²) in [6, 6.07) is -0.724. The second kappa shape index (κ2) is 6.96. The van der Waals surface area contributed by atoms with E-state index in [2.05, 4.69) is 15.3 Å². The number of rotatable bonds is 3. The van der Waals surface area contributed by atoms with Gasteiger partial charge in [0.15, 0.2) is 0 Å². The van der Waals surface area contributed by atoms with Crippen LogP contribution in [0.1, 0.15) is 24.8 Å². The third-order valence-electron chi connectivity index (χ3n) is 4.69. The number of carboxylic acid groups (broad SMARTS) is 1. The van der Waals surface area contributed by atoms with Crippen molar-refractivity contribution in [1.82, 2.24) is 20.2 Å². The average molecular weight is 373 g/mol. The van der Waals surface area contributed by atoms with E-state index in [4.69, 9.17) is 5.11 Å². The van der Waals surface area contributed by atoms with Gasteiger partial charge in [0, 0.05) is 38.1 Å². The molecule has 2 aliphatic rings. The van der Waals surface area contributed by atoms with Gasteiger partial charge in [-0.2, -0.15) is 13.2 Å². The summed E-state index contributed by atoms with van der Waals surface area (Å²) in [5.74, 6) is 0.00579. The summed E-state index contributed by atoms with van der Waals surface area (Å²) in [6.45, 7) is 1.51. The summed E-state index contributed by atoms with van der Waals surface area (Å²) in [5.41, 5.74) is -0.893. The molecule has 8 nitrogen and oxygen atoms in total. The molecular formula is C15H18F3N5O3. The first-order valence-corrected chi connectivity index (χ1v) is 8.20. The maximum absolute atomic E-state index is 12.6. The number of carbonyl (C=O) groups is 2. The molecule has 0 radical (unpaired) electrons. The van der Waals surface area contributed by atoms with E-state index in [1.165, 1.54) is 0 Å². The van der Waals surface area contributed by atoms with Crippen molar-refractivity contribution in [2.24, 2.45) is 0 Å². The fraction of sp³-hybridized carbons (Fsp3) is 0.600. The zero-order valence-electron chi connectivity index (χ0n) is 13.7. The minimum Gasteiger partial charge on any atom is -0.465 e. The fourth-order valence-electron chi connectivity index (χ4n) is 3.36. The first-order valence-electron chi connectivity index (χ1n) is 8.20. The van der Waals surface area contributed by atoms with Gasteiger partial charge in [-0.05, 0) is 19.3 Å². The molecule has 0 aliphatic carbocycles. The van der Waals surface area contributed by atoms with Crippen LogP contribution in [-0.4, -0.2) is 63.7 Å². The minimum absolute atomic E-state index is 0.0196. The van der Waals surface area contributed by atoms with Crippen molar-refractivity contribution in [3.63, 3.8) is 0 Å². The molecule has 1 aromatic heterocycles. The van der Waals surface area contributed by atoms with Crippen LogP contribution in [0.3, 0.4) is 0 Å². The highest BCUT2D eigenvalue weighted by Gasteiger charge is 2.38. The van der Waals surface area contributed by atoms with Crippen LogP contribution in [0.4, 0.5) is 23.9 Å².